The minimum absolute atomic E-state index is 0.157. The molecule has 2 heterocycles. The molecule has 0 spiro atoms. The van der Waals surface area contributed by atoms with Gasteiger partial charge < -0.3 is 5.32 Å². The van der Waals surface area contributed by atoms with Gasteiger partial charge in [-0.25, -0.2) is 0 Å². The lowest BCUT2D eigenvalue weighted by Gasteiger charge is -2.16. The molecule has 0 saturated carbocycles. The highest BCUT2D eigenvalue weighted by molar-refractivity contribution is 7.16. The van der Waals surface area contributed by atoms with Crippen molar-refractivity contribution in [3.8, 4) is 0 Å². The van der Waals surface area contributed by atoms with Gasteiger partial charge in [-0.15, -0.1) is 16.4 Å². The molecule has 0 aliphatic rings. The first kappa shape index (κ1) is 13.9. The minimum Gasteiger partial charge on any atom is -0.305 e. The van der Waals surface area contributed by atoms with Gasteiger partial charge in [0.15, 0.2) is 0 Å². The van der Waals surface area contributed by atoms with E-state index in [-0.39, 0.29) is 6.04 Å². The molecule has 0 amide bonds. The van der Waals surface area contributed by atoms with E-state index in [2.05, 4.69) is 41.7 Å². The quantitative estimate of drug-likeness (QED) is 0.904. The molecular weight excluding hydrogens is 286 g/mol. The number of thiophene rings is 1. The molecule has 0 aromatic carbocycles. The van der Waals surface area contributed by atoms with Crippen LogP contribution in [0.3, 0.4) is 0 Å². The van der Waals surface area contributed by atoms with Gasteiger partial charge in [-0.2, -0.15) is 0 Å². The number of halogens is 1. The first-order valence-corrected chi connectivity index (χ1v) is 7.91. The number of nitrogens with one attached hydrogen (secondary N) is 1. The second kappa shape index (κ2) is 6.10. The molecule has 98 valence electrons. The Morgan fingerprint density at radius 1 is 1.39 bits per heavy atom. The Hall–Kier alpha value is -0.490. The van der Waals surface area contributed by atoms with Crippen molar-refractivity contribution in [2.24, 2.45) is 0 Å². The van der Waals surface area contributed by atoms with E-state index in [1.165, 1.54) is 21.3 Å². The topological polar surface area (TPSA) is 37.8 Å². The van der Waals surface area contributed by atoms with E-state index in [0.29, 0.717) is 5.92 Å². The summed E-state index contributed by atoms with van der Waals surface area (Å²) in [5.41, 5.74) is 1.08. The Bertz CT molecular complexity index is 507. The Kier molecular flexibility index (Phi) is 4.72. The predicted molar refractivity (Wildman–Crippen MR) is 78.8 cm³/mol. The number of aromatic nitrogens is 2. The highest BCUT2D eigenvalue weighted by atomic mass is 35.5. The van der Waals surface area contributed by atoms with Gasteiger partial charge in [-0.3, -0.25) is 0 Å². The summed E-state index contributed by atoms with van der Waals surface area (Å²) in [6.07, 6.45) is 0. The summed E-state index contributed by atoms with van der Waals surface area (Å²) < 4.78 is 4.92. The van der Waals surface area contributed by atoms with Crippen LogP contribution in [0.1, 0.15) is 48.2 Å². The first-order chi connectivity index (χ1) is 8.63. The molecule has 2 aromatic heterocycles. The third-order valence-corrected chi connectivity index (χ3v) is 4.74. The van der Waals surface area contributed by atoms with Crippen molar-refractivity contribution in [2.45, 2.75) is 32.7 Å². The monoisotopic (exact) mass is 301 g/mol. The van der Waals surface area contributed by atoms with E-state index in [9.17, 15) is 0 Å². The second-order valence-electron chi connectivity index (χ2n) is 4.31. The zero-order chi connectivity index (χ0) is 13.1. The van der Waals surface area contributed by atoms with Crippen LogP contribution in [0.2, 0.25) is 4.34 Å². The lowest BCUT2D eigenvalue weighted by molar-refractivity contribution is 0.634. The van der Waals surface area contributed by atoms with Crippen LogP contribution >= 0.6 is 34.5 Å². The molecule has 0 aliphatic carbocycles. The minimum atomic E-state index is 0.157. The van der Waals surface area contributed by atoms with Gasteiger partial charge in [0, 0.05) is 4.88 Å². The maximum Gasteiger partial charge on any atom is 0.0931 e. The lowest BCUT2D eigenvalue weighted by atomic mass is 10.1. The number of hydrogen-bond donors (Lipinski definition) is 1. The average molecular weight is 302 g/mol. The fourth-order valence-electron chi connectivity index (χ4n) is 1.82. The Labute approximate surface area is 120 Å². The second-order valence-corrected chi connectivity index (χ2v) is 6.84. The summed E-state index contributed by atoms with van der Waals surface area (Å²) in [6, 6.07) is 4.17. The van der Waals surface area contributed by atoms with Crippen molar-refractivity contribution in [3.63, 3.8) is 0 Å². The molecule has 3 nitrogen and oxygen atoms in total. The maximum absolute atomic E-state index is 6.03. The fraction of sp³-hybridized carbons (Fsp3) is 0.500. The van der Waals surface area contributed by atoms with E-state index in [0.717, 1.165) is 16.6 Å². The maximum atomic E-state index is 6.03. The molecule has 2 aromatic rings. The molecule has 0 fully saturated rings. The molecule has 6 heteroatoms. The molecular formula is C12H16ClN3S2. The summed E-state index contributed by atoms with van der Waals surface area (Å²) in [5, 5.41) is 7.74. The number of rotatable bonds is 5. The smallest absolute Gasteiger partial charge is 0.0931 e. The Balaban J connectivity index is 2.38. The van der Waals surface area contributed by atoms with Crippen molar-refractivity contribution in [2.75, 3.05) is 6.54 Å². The van der Waals surface area contributed by atoms with Crippen molar-refractivity contribution in [1.82, 2.24) is 14.9 Å². The summed E-state index contributed by atoms with van der Waals surface area (Å²) in [5.74, 6) is 0.385. The van der Waals surface area contributed by atoms with Crippen molar-refractivity contribution in [3.05, 3.63) is 31.9 Å². The van der Waals surface area contributed by atoms with Crippen molar-refractivity contribution >= 4 is 34.5 Å². The molecule has 0 aliphatic heterocycles. The fourth-order valence-corrected chi connectivity index (χ4v) is 3.94. The summed E-state index contributed by atoms with van der Waals surface area (Å²) in [6.45, 7) is 7.29. The molecule has 0 radical (unpaired) electrons. The van der Waals surface area contributed by atoms with Gasteiger partial charge in [0.05, 0.1) is 20.9 Å². The normalized spacial score (nSPS) is 13.2. The van der Waals surface area contributed by atoms with Crippen LogP contribution < -0.4 is 5.32 Å². The summed E-state index contributed by atoms with van der Waals surface area (Å²) in [7, 11) is 0. The highest BCUT2D eigenvalue weighted by Gasteiger charge is 2.23. The Morgan fingerprint density at radius 2 is 2.17 bits per heavy atom. The van der Waals surface area contributed by atoms with Crippen LogP contribution in [0.25, 0.3) is 0 Å². The van der Waals surface area contributed by atoms with Crippen molar-refractivity contribution in [1.29, 1.82) is 0 Å². The molecule has 1 N–H and O–H groups in total. The largest absolute Gasteiger partial charge is 0.305 e. The van der Waals surface area contributed by atoms with E-state index < -0.39 is 0 Å². The van der Waals surface area contributed by atoms with Crippen LogP contribution in [0.15, 0.2) is 12.1 Å². The van der Waals surface area contributed by atoms with E-state index >= 15 is 0 Å². The molecule has 0 saturated heterocycles. The standard InChI is InChI=1S/C12H16ClN3S2/c1-4-14-11(8-5-6-9(13)17-8)12-10(7(2)3)15-16-18-12/h5-7,11,14H,4H2,1-3H3. The molecule has 1 atom stereocenters. The van der Waals surface area contributed by atoms with Gasteiger partial charge in [-0.05, 0) is 36.1 Å². The van der Waals surface area contributed by atoms with Crippen LogP contribution in [0.5, 0.6) is 0 Å². The van der Waals surface area contributed by atoms with Crippen LogP contribution in [-0.4, -0.2) is 16.1 Å². The predicted octanol–water partition coefficient (Wildman–Crippen LogP) is 4.08. The van der Waals surface area contributed by atoms with Crippen LogP contribution in [0, 0.1) is 0 Å². The van der Waals surface area contributed by atoms with E-state index in [1.54, 1.807) is 11.3 Å². The van der Waals surface area contributed by atoms with E-state index in [4.69, 9.17) is 11.6 Å². The van der Waals surface area contributed by atoms with Crippen LogP contribution in [0.4, 0.5) is 0 Å². The molecule has 18 heavy (non-hydrogen) atoms. The first-order valence-electron chi connectivity index (χ1n) is 5.94. The SMILES string of the molecule is CCNC(c1ccc(Cl)s1)c1snnc1C(C)C. The molecule has 2 rings (SSSR count). The molecule has 0 bridgehead atoms. The summed E-state index contributed by atoms with van der Waals surface area (Å²) >= 11 is 9.11. The third-order valence-electron chi connectivity index (χ3n) is 2.64. The van der Waals surface area contributed by atoms with Crippen LogP contribution in [-0.2, 0) is 0 Å². The van der Waals surface area contributed by atoms with Gasteiger partial charge in [0.2, 0.25) is 0 Å². The third kappa shape index (κ3) is 2.91. The van der Waals surface area contributed by atoms with Gasteiger partial charge in [-0.1, -0.05) is 36.9 Å². The van der Waals surface area contributed by atoms with Crippen molar-refractivity contribution < 1.29 is 0 Å². The number of hydrogen-bond acceptors (Lipinski definition) is 5. The van der Waals surface area contributed by atoms with E-state index in [1.807, 2.05) is 6.07 Å². The highest BCUT2D eigenvalue weighted by Crippen LogP contribution is 2.35. The van der Waals surface area contributed by atoms with Gasteiger partial charge >= 0.3 is 0 Å². The zero-order valence-electron chi connectivity index (χ0n) is 10.6. The number of nitrogens with zero attached hydrogens (tertiary/aromatic N) is 2. The zero-order valence-corrected chi connectivity index (χ0v) is 13.0. The lowest BCUT2D eigenvalue weighted by Crippen LogP contribution is -2.21. The van der Waals surface area contributed by atoms with Gasteiger partial charge in [0.1, 0.15) is 0 Å². The summed E-state index contributed by atoms with van der Waals surface area (Å²) in [4.78, 5) is 2.42. The van der Waals surface area contributed by atoms with Gasteiger partial charge in [0.25, 0.3) is 0 Å². The average Bonchev–Trinajstić information content (AvgIpc) is 2.94. The Morgan fingerprint density at radius 3 is 2.72 bits per heavy atom. The molecule has 1 unspecified atom stereocenters.